The van der Waals surface area contributed by atoms with E-state index in [0.717, 1.165) is 25.9 Å². The Balaban J connectivity index is 3.95. The monoisotopic (exact) mass is 245 g/mol. The Morgan fingerprint density at radius 3 is 2.35 bits per heavy atom. The number of hydrogen-bond acceptors (Lipinski definition) is 3. The third-order valence-electron chi connectivity index (χ3n) is 3.06. The first-order valence-electron chi connectivity index (χ1n) is 6.69. The molecule has 0 heterocycles. The SMILES string of the molecule is CCCCOCCCC(CC)(NCC)C(=O)O. The average molecular weight is 245 g/mol. The summed E-state index contributed by atoms with van der Waals surface area (Å²) in [6, 6.07) is 0. The summed E-state index contributed by atoms with van der Waals surface area (Å²) >= 11 is 0. The molecule has 4 heteroatoms. The summed E-state index contributed by atoms with van der Waals surface area (Å²) in [5, 5.41) is 12.4. The lowest BCUT2D eigenvalue weighted by molar-refractivity contribution is -0.145. The van der Waals surface area contributed by atoms with Crippen LogP contribution in [0.5, 0.6) is 0 Å². The van der Waals surface area contributed by atoms with Crippen molar-refractivity contribution in [3.05, 3.63) is 0 Å². The topological polar surface area (TPSA) is 58.6 Å². The molecule has 2 N–H and O–H groups in total. The predicted octanol–water partition coefficient (Wildman–Crippen LogP) is 2.43. The summed E-state index contributed by atoms with van der Waals surface area (Å²) in [4.78, 5) is 11.3. The smallest absolute Gasteiger partial charge is 0.323 e. The van der Waals surface area contributed by atoms with Gasteiger partial charge in [0.05, 0.1) is 0 Å². The van der Waals surface area contributed by atoms with Crippen LogP contribution < -0.4 is 5.32 Å². The number of likely N-dealkylation sites (N-methyl/N-ethyl adjacent to an activating group) is 1. The second kappa shape index (κ2) is 9.42. The van der Waals surface area contributed by atoms with Crippen molar-refractivity contribution in [2.45, 2.75) is 58.4 Å². The molecule has 0 spiro atoms. The number of unbranched alkanes of at least 4 members (excludes halogenated alkanes) is 1. The van der Waals surface area contributed by atoms with Crippen molar-refractivity contribution in [1.29, 1.82) is 0 Å². The molecule has 0 aromatic carbocycles. The van der Waals surface area contributed by atoms with Crippen molar-refractivity contribution in [1.82, 2.24) is 5.32 Å². The molecule has 0 aliphatic heterocycles. The normalized spacial score (nSPS) is 14.5. The van der Waals surface area contributed by atoms with Gasteiger partial charge < -0.3 is 15.2 Å². The molecule has 0 aromatic heterocycles. The molecule has 0 amide bonds. The summed E-state index contributed by atoms with van der Waals surface area (Å²) in [5.41, 5.74) is -0.775. The van der Waals surface area contributed by atoms with Gasteiger partial charge in [-0.05, 0) is 32.2 Å². The Labute approximate surface area is 105 Å². The summed E-state index contributed by atoms with van der Waals surface area (Å²) in [5.74, 6) is -0.754. The molecule has 1 unspecified atom stereocenters. The molecule has 0 aliphatic rings. The lowest BCUT2D eigenvalue weighted by Gasteiger charge is -2.29. The van der Waals surface area contributed by atoms with E-state index in [1.54, 1.807) is 0 Å². The number of nitrogens with one attached hydrogen (secondary N) is 1. The van der Waals surface area contributed by atoms with Gasteiger partial charge in [0.2, 0.25) is 0 Å². The zero-order valence-corrected chi connectivity index (χ0v) is 11.4. The van der Waals surface area contributed by atoms with Gasteiger partial charge in [0, 0.05) is 13.2 Å². The van der Waals surface area contributed by atoms with E-state index in [1.807, 2.05) is 13.8 Å². The fraction of sp³-hybridized carbons (Fsp3) is 0.923. The van der Waals surface area contributed by atoms with E-state index in [0.29, 0.717) is 26.0 Å². The number of ether oxygens (including phenoxy) is 1. The quantitative estimate of drug-likeness (QED) is 0.549. The third kappa shape index (κ3) is 6.03. The number of rotatable bonds is 11. The van der Waals surface area contributed by atoms with Crippen LogP contribution in [0.4, 0.5) is 0 Å². The molecule has 1 atom stereocenters. The lowest BCUT2D eigenvalue weighted by Crippen LogP contribution is -2.51. The molecule has 0 rings (SSSR count). The van der Waals surface area contributed by atoms with E-state index in [2.05, 4.69) is 12.2 Å². The summed E-state index contributed by atoms with van der Waals surface area (Å²) < 4.78 is 5.45. The van der Waals surface area contributed by atoms with E-state index < -0.39 is 11.5 Å². The molecule has 17 heavy (non-hydrogen) atoms. The van der Waals surface area contributed by atoms with Crippen molar-refractivity contribution in [3.8, 4) is 0 Å². The van der Waals surface area contributed by atoms with E-state index in [-0.39, 0.29) is 0 Å². The van der Waals surface area contributed by atoms with Crippen LogP contribution in [0.1, 0.15) is 52.9 Å². The highest BCUT2D eigenvalue weighted by atomic mass is 16.5. The number of carboxylic acid groups (broad SMARTS) is 1. The number of carboxylic acids is 1. The second-order valence-electron chi connectivity index (χ2n) is 4.34. The van der Waals surface area contributed by atoms with Crippen LogP contribution in [0.25, 0.3) is 0 Å². The van der Waals surface area contributed by atoms with Crippen molar-refractivity contribution in [3.63, 3.8) is 0 Å². The van der Waals surface area contributed by atoms with Crippen LogP contribution in [0.2, 0.25) is 0 Å². The molecule has 0 aliphatic carbocycles. The van der Waals surface area contributed by atoms with Gasteiger partial charge in [-0.25, -0.2) is 0 Å². The Morgan fingerprint density at radius 1 is 1.24 bits per heavy atom. The van der Waals surface area contributed by atoms with Crippen molar-refractivity contribution >= 4 is 5.97 Å². The maximum absolute atomic E-state index is 11.3. The van der Waals surface area contributed by atoms with E-state index in [4.69, 9.17) is 4.74 Å². The minimum atomic E-state index is -0.775. The number of hydrogen-bond donors (Lipinski definition) is 2. The first-order valence-corrected chi connectivity index (χ1v) is 6.69. The van der Waals surface area contributed by atoms with E-state index in [1.165, 1.54) is 0 Å². The zero-order chi connectivity index (χ0) is 13.1. The molecular weight excluding hydrogens is 218 g/mol. The van der Waals surface area contributed by atoms with E-state index >= 15 is 0 Å². The van der Waals surface area contributed by atoms with Gasteiger partial charge in [0.15, 0.2) is 0 Å². The first kappa shape index (κ1) is 16.4. The molecule has 0 saturated carbocycles. The Hall–Kier alpha value is -0.610. The van der Waals surface area contributed by atoms with Gasteiger partial charge >= 0.3 is 5.97 Å². The van der Waals surface area contributed by atoms with Crippen LogP contribution >= 0.6 is 0 Å². The minimum Gasteiger partial charge on any atom is -0.480 e. The highest BCUT2D eigenvalue weighted by Gasteiger charge is 2.34. The number of aliphatic carboxylic acids is 1. The molecular formula is C13H27NO3. The fourth-order valence-electron chi connectivity index (χ4n) is 1.89. The molecule has 102 valence electrons. The maximum Gasteiger partial charge on any atom is 0.323 e. The van der Waals surface area contributed by atoms with Crippen LogP contribution in [0, 0.1) is 0 Å². The van der Waals surface area contributed by atoms with Crippen LogP contribution in [0.15, 0.2) is 0 Å². The summed E-state index contributed by atoms with van der Waals surface area (Å²) in [7, 11) is 0. The van der Waals surface area contributed by atoms with Gasteiger partial charge in [-0.15, -0.1) is 0 Å². The molecule has 0 fully saturated rings. The summed E-state index contributed by atoms with van der Waals surface area (Å²) in [6.45, 7) is 8.09. The summed E-state index contributed by atoms with van der Waals surface area (Å²) in [6.07, 6.45) is 4.22. The van der Waals surface area contributed by atoms with Crippen molar-refractivity contribution in [2.24, 2.45) is 0 Å². The third-order valence-corrected chi connectivity index (χ3v) is 3.06. The molecule has 0 aromatic rings. The van der Waals surface area contributed by atoms with Gasteiger partial charge in [-0.1, -0.05) is 27.2 Å². The average Bonchev–Trinajstić information content (AvgIpc) is 2.31. The molecule has 0 saturated heterocycles. The van der Waals surface area contributed by atoms with Crippen LogP contribution in [-0.2, 0) is 9.53 Å². The van der Waals surface area contributed by atoms with E-state index in [9.17, 15) is 9.90 Å². The standard InChI is InChI=1S/C13H27NO3/c1-4-7-10-17-11-8-9-13(5-2,12(15)16)14-6-3/h14H,4-11H2,1-3H3,(H,15,16). The highest BCUT2D eigenvalue weighted by molar-refractivity contribution is 5.78. The molecule has 4 nitrogen and oxygen atoms in total. The largest absolute Gasteiger partial charge is 0.480 e. The molecule has 0 radical (unpaired) electrons. The van der Waals surface area contributed by atoms with Gasteiger partial charge in [0.25, 0.3) is 0 Å². The lowest BCUT2D eigenvalue weighted by atomic mass is 9.90. The van der Waals surface area contributed by atoms with Gasteiger partial charge in [0.1, 0.15) is 5.54 Å². The first-order chi connectivity index (χ1) is 8.13. The Bertz CT molecular complexity index is 209. The van der Waals surface area contributed by atoms with Gasteiger partial charge in [-0.2, -0.15) is 0 Å². The van der Waals surface area contributed by atoms with Crippen molar-refractivity contribution in [2.75, 3.05) is 19.8 Å². The maximum atomic E-state index is 11.3. The second-order valence-corrected chi connectivity index (χ2v) is 4.34. The van der Waals surface area contributed by atoms with Gasteiger partial charge in [-0.3, -0.25) is 4.79 Å². The van der Waals surface area contributed by atoms with Crippen LogP contribution in [-0.4, -0.2) is 36.4 Å². The van der Waals surface area contributed by atoms with Crippen molar-refractivity contribution < 1.29 is 14.6 Å². The number of carbonyl (C=O) groups is 1. The highest BCUT2D eigenvalue weighted by Crippen LogP contribution is 2.18. The fourth-order valence-corrected chi connectivity index (χ4v) is 1.89. The minimum absolute atomic E-state index is 0.602. The molecule has 0 bridgehead atoms. The Morgan fingerprint density at radius 2 is 1.88 bits per heavy atom. The van der Waals surface area contributed by atoms with Crippen LogP contribution in [0.3, 0.4) is 0 Å². The Kier molecular flexibility index (Phi) is 9.09. The zero-order valence-electron chi connectivity index (χ0n) is 11.4. The predicted molar refractivity (Wildman–Crippen MR) is 69.3 cm³/mol.